The van der Waals surface area contributed by atoms with E-state index in [0.717, 1.165) is 30.8 Å². The number of carbonyl (C=O) groups excluding carboxylic acids is 1. The highest BCUT2D eigenvalue weighted by atomic mass is 32.1. The van der Waals surface area contributed by atoms with Crippen molar-refractivity contribution in [2.45, 2.75) is 38.3 Å². The van der Waals surface area contributed by atoms with Crippen molar-refractivity contribution in [1.82, 2.24) is 15.2 Å². The van der Waals surface area contributed by atoms with E-state index in [4.69, 9.17) is 4.74 Å². The van der Waals surface area contributed by atoms with Gasteiger partial charge in [0, 0.05) is 36.7 Å². The average molecular weight is 359 g/mol. The van der Waals surface area contributed by atoms with Crippen molar-refractivity contribution in [3.05, 3.63) is 46.4 Å². The molecule has 1 fully saturated rings. The molecule has 1 saturated heterocycles. The van der Waals surface area contributed by atoms with Crippen LogP contribution in [0, 0.1) is 0 Å². The number of likely N-dealkylation sites (tertiary alicyclic amines) is 1. The predicted octanol–water partition coefficient (Wildman–Crippen LogP) is 3.39. The minimum Gasteiger partial charge on any atom is -0.496 e. The molecule has 1 aliphatic rings. The van der Waals surface area contributed by atoms with Gasteiger partial charge in [-0.2, -0.15) is 0 Å². The number of nitrogens with zero attached hydrogens (tertiary/aromatic N) is 2. The van der Waals surface area contributed by atoms with Gasteiger partial charge >= 0.3 is 0 Å². The van der Waals surface area contributed by atoms with Gasteiger partial charge in [-0.15, -0.1) is 11.3 Å². The van der Waals surface area contributed by atoms with Crippen molar-refractivity contribution in [2.75, 3.05) is 20.2 Å². The summed E-state index contributed by atoms with van der Waals surface area (Å²) in [5, 5.41) is 6.21. The van der Waals surface area contributed by atoms with Gasteiger partial charge in [0.25, 0.3) is 0 Å². The molecule has 134 valence electrons. The number of benzene rings is 1. The summed E-state index contributed by atoms with van der Waals surface area (Å²) in [4.78, 5) is 19.1. The van der Waals surface area contributed by atoms with Gasteiger partial charge in [-0.25, -0.2) is 4.98 Å². The first-order valence-electron chi connectivity index (χ1n) is 8.80. The monoisotopic (exact) mass is 359 g/mol. The minimum atomic E-state index is 0.0781. The van der Waals surface area contributed by atoms with E-state index >= 15 is 0 Å². The zero-order valence-electron chi connectivity index (χ0n) is 14.6. The Bertz CT molecular complexity index is 675. The van der Waals surface area contributed by atoms with Crippen LogP contribution in [0.25, 0.3) is 0 Å². The van der Waals surface area contributed by atoms with Crippen LogP contribution in [-0.2, 0) is 11.3 Å². The average Bonchev–Trinajstić information content (AvgIpc) is 3.19. The lowest BCUT2D eigenvalue weighted by Gasteiger charge is -2.34. The highest BCUT2D eigenvalue weighted by Gasteiger charge is 2.25. The quantitative estimate of drug-likeness (QED) is 0.823. The van der Waals surface area contributed by atoms with Gasteiger partial charge in [-0.1, -0.05) is 24.6 Å². The SMILES string of the molecule is COc1ccccc1CNC(=O)CCN1CCCC[C@H]1c1nccs1. The molecule has 6 heteroatoms. The number of ether oxygens (including phenoxy) is 1. The van der Waals surface area contributed by atoms with E-state index in [0.29, 0.717) is 19.0 Å². The Morgan fingerprint density at radius 1 is 1.40 bits per heavy atom. The Balaban J connectivity index is 1.49. The first-order valence-corrected chi connectivity index (χ1v) is 9.68. The van der Waals surface area contributed by atoms with E-state index in [1.807, 2.05) is 35.8 Å². The second kappa shape index (κ2) is 8.97. The minimum absolute atomic E-state index is 0.0781. The van der Waals surface area contributed by atoms with Crippen LogP contribution >= 0.6 is 11.3 Å². The lowest BCUT2D eigenvalue weighted by molar-refractivity contribution is -0.121. The topological polar surface area (TPSA) is 54.5 Å². The smallest absolute Gasteiger partial charge is 0.221 e. The standard InChI is InChI=1S/C19H25N3O2S/c1-24-17-8-3-2-6-15(17)14-21-18(23)9-12-22-11-5-4-7-16(22)19-20-10-13-25-19/h2-3,6,8,10,13,16H,4-5,7,9,11-12,14H2,1H3,(H,21,23)/t16-/m0/s1. The summed E-state index contributed by atoms with van der Waals surface area (Å²) in [5.74, 6) is 0.886. The fourth-order valence-electron chi connectivity index (χ4n) is 3.31. The van der Waals surface area contributed by atoms with E-state index in [1.165, 1.54) is 17.8 Å². The number of piperidine rings is 1. The van der Waals surface area contributed by atoms with Crippen LogP contribution in [-0.4, -0.2) is 36.0 Å². The molecule has 5 nitrogen and oxygen atoms in total. The molecular weight excluding hydrogens is 334 g/mol. The third-order valence-electron chi connectivity index (χ3n) is 4.64. The second-order valence-corrected chi connectivity index (χ2v) is 7.18. The Kier molecular flexibility index (Phi) is 6.42. The molecule has 3 rings (SSSR count). The second-order valence-electron chi connectivity index (χ2n) is 6.26. The first-order chi connectivity index (χ1) is 12.3. The van der Waals surface area contributed by atoms with Crippen LogP contribution in [0.5, 0.6) is 5.75 Å². The molecule has 1 aromatic heterocycles. The molecule has 1 aromatic carbocycles. The molecular formula is C19H25N3O2S. The Morgan fingerprint density at radius 2 is 2.28 bits per heavy atom. The van der Waals surface area contributed by atoms with Crippen LogP contribution in [0.4, 0.5) is 0 Å². The van der Waals surface area contributed by atoms with E-state index in [1.54, 1.807) is 18.4 Å². The molecule has 2 heterocycles. The van der Waals surface area contributed by atoms with Crippen molar-refractivity contribution < 1.29 is 9.53 Å². The number of hydrogen-bond acceptors (Lipinski definition) is 5. The number of carbonyl (C=O) groups is 1. The van der Waals surface area contributed by atoms with Crippen LogP contribution in [0.1, 0.15) is 42.3 Å². The van der Waals surface area contributed by atoms with Crippen molar-refractivity contribution >= 4 is 17.2 Å². The number of aromatic nitrogens is 1. The summed E-state index contributed by atoms with van der Waals surface area (Å²) >= 11 is 1.71. The maximum Gasteiger partial charge on any atom is 0.221 e. The lowest BCUT2D eigenvalue weighted by Crippen LogP contribution is -2.36. The summed E-state index contributed by atoms with van der Waals surface area (Å²) in [7, 11) is 1.65. The molecule has 2 aromatic rings. The first kappa shape index (κ1) is 17.9. The predicted molar refractivity (Wildman–Crippen MR) is 99.7 cm³/mol. The summed E-state index contributed by atoms with van der Waals surface area (Å²) in [6.07, 6.45) is 5.95. The number of methoxy groups -OCH3 is 1. The Morgan fingerprint density at radius 3 is 3.08 bits per heavy atom. The maximum absolute atomic E-state index is 12.3. The fourth-order valence-corrected chi connectivity index (χ4v) is 4.12. The Hall–Kier alpha value is -1.92. The molecule has 0 saturated carbocycles. The summed E-state index contributed by atoms with van der Waals surface area (Å²) in [6.45, 7) is 2.32. The third kappa shape index (κ3) is 4.80. The largest absolute Gasteiger partial charge is 0.496 e. The molecule has 1 aliphatic heterocycles. The highest BCUT2D eigenvalue weighted by molar-refractivity contribution is 7.09. The van der Waals surface area contributed by atoms with Gasteiger partial charge in [0.2, 0.25) is 5.91 Å². The van der Waals surface area contributed by atoms with Gasteiger partial charge in [-0.05, 0) is 25.5 Å². The summed E-state index contributed by atoms with van der Waals surface area (Å²) < 4.78 is 5.32. The van der Waals surface area contributed by atoms with E-state index in [9.17, 15) is 4.79 Å². The molecule has 25 heavy (non-hydrogen) atoms. The molecule has 0 unspecified atom stereocenters. The van der Waals surface area contributed by atoms with Crippen molar-refractivity contribution in [2.24, 2.45) is 0 Å². The molecule has 0 aliphatic carbocycles. The zero-order valence-corrected chi connectivity index (χ0v) is 15.4. The number of thiazole rings is 1. The van der Waals surface area contributed by atoms with E-state index in [2.05, 4.69) is 15.2 Å². The van der Waals surface area contributed by atoms with Crippen LogP contribution < -0.4 is 10.1 Å². The number of para-hydroxylation sites is 1. The molecule has 0 bridgehead atoms. The van der Waals surface area contributed by atoms with Crippen LogP contribution in [0.2, 0.25) is 0 Å². The third-order valence-corrected chi connectivity index (χ3v) is 5.52. The van der Waals surface area contributed by atoms with Crippen LogP contribution in [0.3, 0.4) is 0 Å². The van der Waals surface area contributed by atoms with Gasteiger partial charge in [0.15, 0.2) is 0 Å². The number of rotatable bonds is 7. The summed E-state index contributed by atoms with van der Waals surface area (Å²) in [6, 6.07) is 8.14. The van der Waals surface area contributed by atoms with E-state index < -0.39 is 0 Å². The lowest BCUT2D eigenvalue weighted by atomic mass is 10.0. The highest BCUT2D eigenvalue weighted by Crippen LogP contribution is 2.31. The normalized spacial score (nSPS) is 18.0. The van der Waals surface area contributed by atoms with Gasteiger partial charge in [0.05, 0.1) is 13.2 Å². The number of amides is 1. The molecule has 1 amide bonds. The molecule has 1 N–H and O–H groups in total. The number of hydrogen-bond donors (Lipinski definition) is 1. The fraction of sp³-hybridized carbons (Fsp3) is 0.474. The molecule has 1 atom stereocenters. The molecule has 0 radical (unpaired) electrons. The zero-order chi connectivity index (χ0) is 17.5. The maximum atomic E-state index is 12.3. The van der Waals surface area contributed by atoms with Gasteiger partial charge in [0.1, 0.15) is 10.8 Å². The van der Waals surface area contributed by atoms with Gasteiger partial charge in [-0.3, -0.25) is 9.69 Å². The van der Waals surface area contributed by atoms with Crippen LogP contribution in [0.15, 0.2) is 35.8 Å². The van der Waals surface area contributed by atoms with Crippen molar-refractivity contribution in [3.8, 4) is 5.75 Å². The molecule has 0 spiro atoms. The van der Waals surface area contributed by atoms with Crippen molar-refractivity contribution in [1.29, 1.82) is 0 Å². The van der Waals surface area contributed by atoms with Gasteiger partial charge < -0.3 is 10.1 Å². The summed E-state index contributed by atoms with van der Waals surface area (Å²) in [5.41, 5.74) is 0.997. The van der Waals surface area contributed by atoms with E-state index in [-0.39, 0.29) is 5.91 Å². The van der Waals surface area contributed by atoms with Crippen molar-refractivity contribution in [3.63, 3.8) is 0 Å². The number of nitrogens with one attached hydrogen (secondary N) is 1. The Labute approximate surface area is 153 Å².